The summed E-state index contributed by atoms with van der Waals surface area (Å²) in [6, 6.07) is 7.75. The number of likely N-dealkylation sites (N-methyl/N-ethyl adjacent to an activating group) is 1. The van der Waals surface area contributed by atoms with Crippen molar-refractivity contribution in [1.29, 1.82) is 0 Å². The van der Waals surface area contributed by atoms with Crippen LogP contribution in [0.15, 0.2) is 42.7 Å². The van der Waals surface area contributed by atoms with E-state index in [0.29, 0.717) is 91.3 Å². The van der Waals surface area contributed by atoms with Gasteiger partial charge in [-0.15, -0.1) is 0 Å². The van der Waals surface area contributed by atoms with E-state index >= 15 is 0 Å². The Morgan fingerprint density at radius 3 is 2.72 bits per heavy atom. The minimum absolute atomic E-state index is 0.256. The van der Waals surface area contributed by atoms with Crippen LogP contribution >= 0.6 is 11.6 Å². The van der Waals surface area contributed by atoms with Gasteiger partial charge in [-0.2, -0.15) is 0 Å². The number of rotatable bonds is 11. The number of hydrogen-bond donors (Lipinski definition) is 3. The number of hydrogen-bond acceptors (Lipinski definition) is 8. The van der Waals surface area contributed by atoms with E-state index in [4.69, 9.17) is 21.1 Å². The molecule has 0 atom stereocenters. The normalized spacial score (nSPS) is 12.5. The second-order valence-corrected chi connectivity index (χ2v) is 11.5. The zero-order chi connectivity index (χ0) is 31.0. The molecule has 43 heavy (non-hydrogen) atoms. The van der Waals surface area contributed by atoms with E-state index in [9.17, 15) is 14.0 Å². The molecular weight excluding hydrogens is 575 g/mol. The smallest absolute Gasteiger partial charge is 0.410 e. The van der Waals surface area contributed by atoms with E-state index in [1.807, 2.05) is 27.7 Å². The van der Waals surface area contributed by atoms with Crippen LogP contribution in [0.1, 0.15) is 44.5 Å². The summed E-state index contributed by atoms with van der Waals surface area (Å²) in [7, 11) is 0. The predicted molar refractivity (Wildman–Crippen MR) is 165 cm³/mol. The second kappa shape index (κ2) is 14.5. The molecule has 0 saturated heterocycles. The van der Waals surface area contributed by atoms with E-state index < -0.39 is 11.4 Å². The molecule has 3 aromatic rings. The summed E-state index contributed by atoms with van der Waals surface area (Å²) in [6.45, 7) is 11.3. The van der Waals surface area contributed by atoms with Crippen LogP contribution in [-0.2, 0) is 4.74 Å². The Kier molecular flexibility index (Phi) is 10.8. The fourth-order valence-electron chi connectivity index (χ4n) is 4.44. The van der Waals surface area contributed by atoms with E-state index in [0.717, 1.165) is 0 Å². The highest BCUT2D eigenvalue weighted by Gasteiger charge is 2.22. The molecule has 1 aliphatic rings. The lowest BCUT2D eigenvalue weighted by molar-refractivity contribution is 0.0262. The van der Waals surface area contributed by atoms with Crippen molar-refractivity contribution in [2.75, 3.05) is 51.2 Å². The van der Waals surface area contributed by atoms with Crippen LogP contribution < -0.4 is 20.7 Å². The number of carbonyl (C=O) groups is 2. The highest BCUT2D eigenvalue weighted by Crippen LogP contribution is 2.40. The molecule has 0 saturated carbocycles. The summed E-state index contributed by atoms with van der Waals surface area (Å²) in [5.74, 6) is 0.273. The van der Waals surface area contributed by atoms with E-state index in [1.54, 1.807) is 23.2 Å². The van der Waals surface area contributed by atoms with Gasteiger partial charge >= 0.3 is 6.09 Å². The molecule has 12 heteroatoms. The van der Waals surface area contributed by atoms with Crippen LogP contribution in [0, 0.1) is 5.82 Å². The van der Waals surface area contributed by atoms with Crippen molar-refractivity contribution >= 4 is 29.4 Å². The molecule has 0 aliphatic carbocycles. The van der Waals surface area contributed by atoms with E-state index in [-0.39, 0.29) is 17.6 Å². The number of aromatic nitrogens is 2. The van der Waals surface area contributed by atoms with Crippen LogP contribution in [-0.4, -0.2) is 78.3 Å². The minimum atomic E-state index is -0.535. The Hall–Kier alpha value is -3.96. The van der Waals surface area contributed by atoms with Crippen molar-refractivity contribution in [2.24, 2.45) is 0 Å². The minimum Gasteiger partial charge on any atom is -0.487 e. The van der Waals surface area contributed by atoms with Crippen molar-refractivity contribution in [2.45, 2.75) is 39.7 Å². The molecule has 0 radical (unpaired) electrons. The van der Waals surface area contributed by atoms with Gasteiger partial charge in [0.15, 0.2) is 11.6 Å². The summed E-state index contributed by atoms with van der Waals surface area (Å²) in [4.78, 5) is 35.7. The zero-order valence-electron chi connectivity index (χ0n) is 24.9. The van der Waals surface area contributed by atoms with E-state index in [1.165, 1.54) is 24.4 Å². The van der Waals surface area contributed by atoms with Crippen molar-refractivity contribution < 1.29 is 23.5 Å². The third-order valence-electron chi connectivity index (χ3n) is 6.54. The first-order valence-electron chi connectivity index (χ1n) is 14.3. The maximum absolute atomic E-state index is 14.7. The number of nitrogens with zero attached hydrogens (tertiary/aromatic N) is 3. The molecule has 230 valence electrons. The molecular formula is C31H38ClFN6O4. The van der Waals surface area contributed by atoms with Crippen LogP contribution in [0.25, 0.3) is 22.4 Å². The lowest BCUT2D eigenvalue weighted by Crippen LogP contribution is -2.40. The fraction of sp³-hybridized carbons (Fsp3) is 0.419. The number of halogens is 2. The molecule has 0 fully saturated rings. The van der Waals surface area contributed by atoms with Crippen molar-refractivity contribution in [3.05, 3.63) is 59.1 Å². The molecule has 0 bridgehead atoms. The SMILES string of the molecule is CCN(CCNCCCNC(=O)c1cncc(-c2cc(-c3cc(Cl)ccc3F)nc3c2OCCN3)c1)C(=O)OC(C)(C)C. The van der Waals surface area contributed by atoms with Gasteiger partial charge in [0.25, 0.3) is 5.91 Å². The first-order valence-corrected chi connectivity index (χ1v) is 14.7. The van der Waals surface area contributed by atoms with Gasteiger partial charge in [-0.3, -0.25) is 9.78 Å². The molecule has 3 heterocycles. The molecule has 0 spiro atoms. The molecule has 3 N–H and O–H groups in total. The number of amides is 2. The standard InChI is InChI=1S/C31H38ClFN6O4/c1-5-39(30(41)43-31(2,3)4)13-11-34-9-6-10-37-29(40)21-15-20(18-35-19-21)23-17-26(24-16-22(32)7-8-25(24)33)38-28-27(23)42-14-12-36-28/h7-8,15-19,34H,5-6,9-14H2,1-4H3,(H,36,38)(H,37,40). The van der Waals surface area contributed by atoms with E-state index in [2.05, 4.69) is 25.9 Å². The number of pyridine rings is 2. The Bertz CT molecular complexity index is 1450. The number of benzene rings is 1. The molecule has 2 aromatic heterocycles. The molecule has 2 amide bonds. The van der Waals surface area contributed by atoms with Crippen LogP contribution in [0.4, 0.5) is 15.0 Å². The number of nitrogens with one attached hydrogen (secondary N) is 3. The quantitative estimate of drug-likeness (QED) is 0.247. The number of fused-ring (bicyclic) bond motifs is 1. The molecule has 1 aliphatic heterocycles. The first kappa shape index (κ1) is 32.0. The number of anilines is 1. The largest absolute Gasteiger partial charge is 0.487 e. The first-order chi connectivity index (χ1) is 20.6. The van der Waals surface area contributed by atoms with Crippen LogP contribution in [0.5, 0.6) is 5.75 Å². The van der Waals surface area contributed by atoms with Gasteiger partial charge in [0.1, 0.15) is 18.0 Å². The Labute approximate surface area is 256 Å². The lowest BCUT2D eigenvalue weighted by Gasteiger charge is -2.26. The van der Waals surface area contributed by atoms with Gasteiger partial charge in [-0.25, -0.2) is 14.2 Å². The number of carbonyl (C=O) groups excluding carboxylic acids is 2. The maximum atomic E-state index is 14.7. The predicted octanol–water partition coefficient (Wildman–Crippen LogP) is 5.37. The molecule has 0 unspecified atom stereocenters. The van der Waals surface area contributed by atoms with Gasteiger partial charge in [0, 0.05) is 60.3 Å². The average molecular weight is 613 g/mol. The Morgan fingerprint density at radius 1 is 1.14 bits per heavy atom. The Balaban J connectivity index is 1.36. The summed E-state index contributed by atoms with van der Waals surface area (Å²) in [6.07, 6.45) is 3.49. The van der Waals surface area contributed by atoms with Gasteiger partial charge in [0.05, 0.1) is 17.8 Å². The Morgan fingerprint density at radius 2 is 1.95 bits per heavy atom. The zero-order valence-corrected chi connectivity index (χ0v) is 25.7. The van der Waals surface area contributed by atoms with Crippen molar-refractivity contribution in [1.82, 2.24) is 25.5 Å². The van der Waals surface area contributed by atoms with Gasteiger partial charge in [-0.1, -0.05) is 11.6 Å². The highest BCUT2D eigenvalue weighted by atomic mass is 35.5. The van der Waals surface area contributed by atoms with Crippen LogP contribution in [0.3, 0.4) is 0 Å². The topological polar surface area (TPSA) is 118 Å². The fourth-order valence-corrected chi connectivity index (χ4v) is 4.61. The average Bonchev–Trinajstić information content (AvgIpc) is 2.98. The number of ether oxygens (including phenoxy) is 2. The van der Waals surface area contributed by atoms with Gasteiger partial charge in [-0.05, 0) is 71.0 Å². The van der Waals surface area contributed by atoms with Crippen LogP contribution in [0.2, 0.25) is 5.02 Å². The lowest BCUT2D eigenvalue weighted by atomic mass is 10.0. The second-order valence-electron chi connectivity index (χ2n) is 11.0. The highest BCUT2D eigenvalue weighted by molar-refractivity contribution is 6.30. The summed E-state index contributed by atoms with van der Waals surface area (Å²) < 4.78 is 26.0. The molecule has 4 rings (SSSR count). The summed E-state index contributed by atoms with van der Waals surface area (Å²) in [5, 5.41) is 9.81. The maximum Gasteiger partial charge on any atom is 0.410 e. The van der Waals surface area contributed by atoms with Gasteiger partial charge in [0.2, 0.25) is 0 Å². The molecule has 1 aromatic carbocycles. The third kappa shape index (κ3) is 8.77. The monoisotopic (exact) mass is 612 g/mol. The third-order valence-corrected chi connectivity index (χ3v) is 6.77. The van der Waals surface area contributed by atoms with Crippen molar-refractivity contribution in [3.63, 3.8) is 0 Å². The molecule has 10 nitrogen and oxygen atoms in total. The van der Waals surface area contributed by atoms with Crippen molar-refractivity contribution in [3.8, 4) is 28.1 Å². The summed E-state index contributed by atoms with van der Waals surface area (Å²) in [5.41, 5.74) is 1.74. The van der Waals surface area contributed by atoms with Gasteiger partial charge < -0.3 is 30.3 Å². The summed E-state index contributed by atoms with van der Waals surface area (Å²) >= 11 is 6.14.